The van der Waals surface area contributed by atoms with E-state index in [1.165, 1.54) is 25.7 Å². The quantitative estimate of drug-likeness (QED) is 0.340. The van der Waals surface area contributed by atoms with Crippen LogP contribution in [0, 0.1) is 0 Å². The van der Waals surface area contributed by atoms with Gasteiger partial charge in [-0.15, -0.1) is 0 Å². The van der Waals surface area contributed by atoms with Gasteiger partial charge in [0.2, 0.25) is 0 Å². The van der Waals surface area contributed by atoms with Crippen molar-refractivity contribution in [2.75, 3.05) is 0 Å². The SMILES string of the molecule is N/C(Cc1cn(C2CCCC2)cn1)=N\O. The molecule has 0 amide bonds. The standard InChI is InChI=1S/C10H16N4O/c11-10(13-15)5-8-6-14(7-12-8)9-3-1-2-4-9/h6-7,9,15H,1-5H2,(H2,11,13). The molecule has 1 fully saturated rings. The van der Waals surface area contributed by atoms with Crippen LogP contribution in [0.1, 0.15) is 37.4 Å². The zero-order valence-electron chi connectivity index (χ0n) is 8.63. The maximum Gasteiger partial charge on any atom is 0.145 e. The molecule has 0 unspecified atom stereocenters. The van der Waals surface area contributed by atoms with E-state index in [1.807, 2.05) is 12.5 Å². The first-order valence-electron chi connectivity index (χ1n) is 5.28. The normalized spacial score (nSPS) is 18.5. The second-order valence-corrected chi connectivity index (χ2v) is 4.02. The molecule has 1 saturated carbocycles. The first-order chi connectivity index (χ1) is 7.29. The van der Waals surface area contributed by atoms with Gasteiger partial charge in [0.1, 0.15) is 5.84 Å². The van der Waals surface area contributed by atoms with Crippen molar-refractivity contribution in [2.45, 2.75) is 38.1 Å². The predicted octanol–water partition coefficient (Wildman–Crippen LogP) is 1.29. The van der Waals surface area contributed by atoms with E-state index in [1.54, 1.807) is 0 Å². The van der Waals surface area contributed by atoms with E-state index in [-0.39, 0.29) is 5.84 Å². The summed E-state index contributed by atoms with van der Waals surface area (Å²) in [7, 11) is 0. The second kappa shape index (κ2) is 4.33. The van der Waals surface area contributed by atoms with E-state index in [0.717, 1.165) is 5.69 Å². The molecule has 0 bridgehead atoms. The number of nitrogens with two attached hydrogens (primary N) is 1. The lowest BCUT2D eigenvalue weighted by atomic mass is 10.2. The molecule has 0 aromatic carbocycles. The number of amidine groups is 1. The first kappa shape index (κ1) is 10.0. The molecule has 0 atom stereocenters. The number of hydrogen-bond donors (Lipinski definition) is 2. The molecule has 5 heteroatoms. The summed E-state index contributed by atoms with van der Waals surface area (Å²) in [5.41, 5.74) is 6.28. The lowest BCUT2D eigenvalue weighted by Crippen LogP contribution is -2.14. The lowest BCUT2D eigenvalue weighted by Gasteiger charge is -2.09. The highest BCUT2D eigenvalue weighted by molar-refractivity contribution is 5.81. The minimum Gasteiger partial charge on any atom is -0.409 e. The monoisotopic (exact) mass is 208 g/mol. The number of hydrogen-bond acceptors (Lipinski definition) is 3. The number of rotatable bonds is 3. The van der Waals surface area contributed by atoms with Gasteiger partial charge < -0.3 is 15.5 Å². The van der Waals surface area contributed by atoms with Crippen LogP contribution in [-0.2, 0) is 6.42 Å². The van der Waals surface area contributed by atoms with E-state index in [0.29, 0.717) is 12.5 Å². The molecule has 5 nitrogen and oxygen atoms in total. The van der Waals surface area contributed by atoms with E-state index in [9.17, 15) is 0 Å². The van der Waals surface area contributed by atoms with Crippen LogP contribution in [0.25, 0.3) is 0 Å². The molecule has 0 radical (unpaired) electrons. The Morgan fingerprint density at radius 2 is 2.33 bits per heavy atom. The first-order valence-corrected chi connectivity index (χ1v) is 5.28. The van der Waals surface area contributed by atoms with Crippen molar-refractivity contribution in [3.05, 3.63) is 18.2 Å². The fraction of sp³-hybridized carbons (Fsp3) is 0.600. The Labute approximate surface area is 88.6 Å². The average molecular weight is 208 g/mol. The van der Waals surface area contributed by atoms with Crippen molar-refractivity contribution in [1.29, 1.82) is 0 Å². The van der Waals surface area contributed by atoms with Crippen LogP contribution in [0.4, 0.5) is 0 Å². The molecular weight excluding hydrogens is 192 g/mol. The Balaban J connectivity index is 2.03. The van der Waals surface area contributed by atoms with Gasteiger partial charge in [-0.3, -0.25) is 0 Å². The van der Waals surface area contributed by atoms with Crippen LogP contribution in [0.5, 0.6) is 0 Å². The molecule has 15 heavy (non-hydrogen) atoms. The van der Waals surface area contributed by atoms with Crippen LogP contribution < -0.4 is 5.73 Å². The summed E-state index contributed by atoms with van der Waals surface area (Å²) in [5.74, 6) is 0.201. The van der Waals surface area contributed by atoms with Gasteiger partial charge in [0, 0.05) is 12.2 Å². The highest BCUT2D eigenvalue weighted by atomic mass is 16.4. The van der Waals surface area contributed by atoms with Gasteiger partial charge in [-0.1, -0.05) is 18.0 Å². The molecule has 0 aliphatic heterocycles. The van der Waals surface area contributed by atoms with Gasteiger partial charge in [-0.05, 0) is 12.8 Å². The Morgan fingerprint density at radius 1 is 1.60 bits per heavy atom. The van der Waals surface area contributed by atoms with E-state index >= 15 is 0 Å². The van der Waals surface area contributed by atoms with Gasteiger partial charge in [-0.2, -0.15) is 0 Å². The summed E-state index contributed by atoms with van der Waals surface area (Å²) in [6, 6.07) is 0.596. The highest BCUT2D eigenvalue weighted by Gasteiger charge is 2.16. The van der Waals surface area contributed by atoms with Crippen molar-refractivity contribution in [2.24, 2.45) is 10.9 Å². The summed E-state index contributed by atoms with van der Waals surface area (Å²) in [4.78, 5) is 4.24. The summed E-state index contributed by atoms with van der Waals surface area (Å²) in [6.07, 6.45) is 9.33. The van der Waals surface area contributed by atoms with Crippen LogP contribution in [0.3, 0.4) is 0 Å². The van der Waals surface area contributed by atoms with Crippen molar-refractivity contribution >= 4 is 5.84 Å². The zero-order valence-corrected chi connectivity index (χ0v) is 8.63. The van der Waals surface area contributed by atoms with Crippen LogP contribution in [-0.4, -0.2) is 20.6 Å². The minimum absolute atomic E-state index is 0.201. The summed E-state index contributed by atoms with van der Waals surface area (Å²) < 4.78 is 2.15. The van der Waals surface area contributed by atoms with Gasteiger partial charge in [0.05, 0.1) is 18.4 Å². The Bertz CT molecular complexity index is 352. The second-order valence-electron chi connectivity index (χ2n) is 4.02. The maximum atomic E-state index is 8.44. The molecule has 1 heterocycles. The molecule has 3 N–H and O–H groups in total. The molecule has 0 saturated heterocycles. The summed E-state index contributed by atoms with van der Waals surface area (Å²) in [5, 5.41) is 11.4. The fourth-order valence-electron chi connectivity index (χ4n) is 2.09. The molecular formula is C10H16N4O. The molecule has 1 aromatic heterocycles. The number of imidazole rings is 1. The molecule has 1 aliphatic carbocycles. The Kier molecular flexibility index (Phi) is 2.89. The minimum atomic E-state index is 0.201. The third-order valence-corrected chi connectivity index (χ3v) is 2.89. The third kappa shape index (κ3) is 2.29. The number of aromatic nitrogens is 2. The predicted molar refractivity (Wildman–Crippen MR) is 56.8 cm³/mol. The van der Waals surface area contributed by atoms with Crippen molar-refractivity contribution in [3.8, 4) is 0 Å². The highest BCUT2D eigenvalue weighted by Crippen LogP contribution is 2.29. The van der Waals surface area contributed by atoms with E-state index in [2.05, 4.69) is 14.7 Å². The molecule has 1 aromatic rings. The summed E-state index contributed by atoms with van der Waals surface area (Å²) >= 11 is 0. The largest absolute Gasteiger partial charge is 0.409 e. The zero-order chi connectivity index (χ0) is 10.7. The van der Waals surface area contributed by atoms with Gasteiger partial charge >= 0.3 is 0 Å². The van der Waals surface area contributed by atoms with E-state index in [4.69, 9.17) is 10.9 Å². The lowest BCUT2D eigenvalue weighted by molar-refractivity contribution is 0.317. The average Bonchev–Trinajstić information content (AvgIpc) is 2.85. The van der Waals surface area contributed by atoms with Crippen LogP contribution in [0.15, 0.2) is 17.7 Å². The smallest absolute Gasteiger partial charge is 0.145 e. The van der Waals surface area contributed by atoms with Gasteiger partial charge in [0.15, 0.2) is 0 Å². The van der Waals surface area contributed by atoms with Gasteiger partial charge in [-0.25, -0.2) is 4.98 Å². The van der Waals surface area contributed by atoms with Crippen molar-refractivity contribution in [1.82, 2.24) is 9.55 Å². The molecule has 2 rings (SSSR count). The number of nitrogens with zero attached hydrogens (tertiary/aromatic N) is 3. The third-order valence-electron chi connectivity index (χ3n) is 2.89. The molecule has 1 aliphatic rings. The van der Waals surface area contributed by atoms with E-state index < -0.39 is 0 Å². The topological polar surface area (TPSA) is 76.4 Å². The van der Waals surface area contributed by atoms with Crippen LogP contribution in [0.2, 0.25) is 0 Å². The Hall–Kier alpha value is -1.52. The van der Waals surface area contributed by atoms with Crippen molar-refractivity contribution in [3.63, 3.8) is 0 Å². The molecule has 82 valence electrons. The fourth-order valence-corrected chi connectivity index (χ4v) is 2.09. The molecule has 0 spiro atoms. The maximum absolute atomic E-state index is 8.44. The number of oxime groups is 1. The van der Waals surface area contributed by atoms with Crippen LogP contribution >= 0.6 is 0 Å². The van der Waals surface area contributed by atoms with Gasteiger partial charge in [0.25, 0.3) is 0 Å². The Morgan fingerprint density at radius 3 is 3.00 bits per heavy atom. The summed E-state index contributed by atoms with van der Waals surface area (Å²) in [6.45, 7) is 0. The van der Waals surface area contributed by atoms with Crippen molar-refractivity contribution < 1.29 is 5.21 Å².